The van der Waals surface area contributed by atoms with Crippen molar-refractivity contribution in [2.75, 3.05) is 6.16 Å². The van der Waals surface area contributed by atoms with Crippen molar-refractivity contribution in [3.05, 3.63) is 121 Å². The Kier molecular flexibility index (Phi) is 8.28. The minimum absolute atomic E-state index is 0.418. The molecule has 0 aliphatic carbocycles. The summed E-state index contributed by atoms with van der Waals surface area (Å²) < 4.78 is 0. The molecule has 0 saturated carbocycles. The van der Waals surface area contributed by atoms with Crippen LogP contribution in [0.1, 0.15) is 20.3 Å². The molecule has 0 fully saturated rings. The summed E-state index contributed by atoms with van der Waals surface area (Å²) in [5.74, 6) is 0.667. The second kappa shape index (κ2) is 11.6. The maximum absolute atomic E-state index is 2.38. The van der Waals surface area contributed by atoms with E-state index in [0.717, 1.165) is 0 Å². The zero-order valence-electron chi connectivity index (χ0n) is 19.0. The molecule has 0 radical (unpaired) electrons. The molecule has 32 heavy (non-hydrogen) atoms. The van der Waals surface area contributed by atoms with Crippen molar-refractivity contribution in [2.24, 2.45) is 5.92 Å². The Morgan fingerprint density at radius 1 is 0.500 bits per heavy atom. The van der Waals surface area contributed by atoms with Crippen LogP contribution in [0.4, 0.5) is 0 Å². The largest absolute Gasteiger partial charge is 0.0628 e. The molecule has 4 rings (SSSR count). The van der Waals surface area contributed by atoms with Crippen LogP contribution in [0.15, 0.2) is 121 Å². The summed E-state index contributed by atoms with van der Waals surface area (Å²) in [5.41, 5.74) is 0.626. The van der Waals surface area contributed by atoms with Crippen LogP contribution in [0.25, 0.3) is 0 Å². The Balaban J connectivity index is 1.78. The van der Waals surface area contributed by atoms with Crippen molar-refractivity contribution < 1.29 is 0 Å². The fourth-order valence-electron chi connectivity index (χ4n) is 4.34. The summed E-state index contributed by atoms with van der Waals surface area (Å²) in [4.78, 5) is 0. The van der Waals surface area contributed by atoms with Crippen LogP contribution in [0.3, 0.4) is 0 Å². The third kappa shape index (κ3) is 5.95. The van der Waals surface area contributed by atoms with Crippen LogP contribution in [0.5, 0.6) is 0 Å². The lowest BCUT2D eigenvalue weighted by Crippen LogP contribution is -2.28. The third-order valence-corrected chi connectivity index (χ3v) is 11.5. The van der Waals surface area contributed by atoms with Crippen LogP contribution < -0.4 is 21.2 Å². The summed E-state index contributed by atoms with van der Waals surface area (Å²) in [5, 5.41) is 5.96. The van der Waals surface area contributed by atoms with Crippen LogP contribution in [-0.2, 0) is 0 Å². The van der Waals surface area contributed by atoms with Gasteiger partial charge in [0, 0.05) is 0 Å². The van der Waals surface area contributed by atoms with Crippen LogP contribution in [-0.4, -0.2) is 11.8 Å². The highest BCUT2D eigenvalue weighted by molar-refractivity contribution is 7.77. The van der Waals surface area contributed by atoms with Gasteiger partial charge in [-0.2, -0.15) is 0 Å². The quantitative estimate of drug-likeness (QED) is 0.248. The fourth-order valence-corrected chi connectivity index (χ4v) is 10.6. The SMILES string of the molecule is CC(C)CC(CP(c1ccccc1)c1ccccc1)P(c1ccccc1)c1ccccc1. The molecule has 1 atom stereocenters. The molecule has 0 aliphatic heterocycles. The van der Waals surface area contributed by atoms with E-state index >= 15 is 0 Å². The average Bonchev–Trinajstić information content (AvgIpc) is 2.84. The van der Waals surface area contributed by atoms with E-state index in [1.165, 1.54) is 33.8 Å². The van der Waals surface area contributed by atoms with Crippen molar-refractivity contribution in [3.8, 4) is 0 Å². The molecule has 2 heteroatoms. The molecule has 0 spiro atoms. The van der Waals surface area contributed by atoms with Crippen LogP contribution >= 0.6 is 15.8 Å². The summed E-state index contributed by atoms with van der Waals surface area (Å²) in [7, 11) is -0.862. The number of benzene rings is 4. The van der Waals surface area contributed by atoms with E-state index in [1.807, 2.05) is 0 Å². The molecule has 0 aliphatic rings. The van der Waals surface area contributed by atoms with Gasteiger partial charge in [0.2, 0.25) is 0 Å². The molecule has 0 aromatic heterocycles. The number of rotatable bonds is 9. The summed E-state index contributed by atoms with van der Waals surface area (Å²) >= 11 is 0. The van der Waals surface area contributed by atoms with E-state index < -0.39 is 15.8 Å². The smallest absolute Gasteiger partial charge is 0.00810 e. The molecule has 0 bridgehead atoms. The zero-order chi connectivity index (χ0) is 22.2. The van der Waals surface area contributed by atoms with E-state index in [9.17, 15) is 0 Å². The van der Waals surface area contributed by atoms with Gasteiger partial charge < -0.3 is 0 Å². The predicted octanol–water partition coefficient (Wildman–Crippen LogP) is 6.67. The minimum atomic E-state index is -0.444. The van der Waals surface area contributed by atoms with Gasteiger partial charge in [0.05, 0.1) is 0 Å². The Labute approximate surface area is 196 Å². The number of hydrogen-bond donors (Lipinski definition) is 0. The van der Waals surface area contributed by atoms with Crippen LogP contribution in [0, 0.1) is 5.92 Å². The molecule has 162 valence electrons. The summed E-state index contributed by atoms with van der Waals surface area (Å²) in [6.07, 6.45) is 2.46. The van der Waals surface area contributed by atoms with Gasteiger partial charge in [0.25, 0.3) is 0 Å². The highest BCUT2D eigenvalue weighted by Crippen LogP contribution is 2.48. The maximum atomic E-state index is 2.38. The summed E-state index contributed by atoms with van der Waals surface area (Å²) in [6.45, 7) is 4.76. The van der Waals surface area contributed by atoms with E-state index in [4.69, 9.17) is 0 Å². The lowest BCUT2D eigenvalue weighted by atomic mass is 10.1. The maximum Gasteiger partial charge on any atom is -0.00810 e. The molecule has 4 aromatic carbocycles. The third-order valence-electron chi connectivity index (χ3n) is 5.71. The van der Waals surface area contributed by atoms with Gasteiger partial charge in [0.15, 0.2) is 0 Å². The topological polar surface area (TPSA) is 0 Å². The zero-order valence-corrected chi connectivity index (χ0v) is 20.8. The van der Waals surface area contributed by atoms with E-state index in [0.29, 0.717) is 11.6 Å². The Hall–Kier alpha value is -2.26. The van der Waals surface area contributed by atoms with Gasteiger partial charge in [-0.25, -0.2) is 0 Å². The van der Waals surface area contributed by atoms with Crippen molar-refractivity contribution >= 4 is 37.1 Å². The molecule has 0 N–H and O–H groups in total. The van der Waals surface area contributed by atoms with Crippen LogP contribution in [0.2, 0.25) is 0 Å². The lowest BCUT2D eigenvalue weighted by molar-refractivity contribution is 0.585. The first-order chi connectivity index (χ1) is 15.7. The lowest BCUT2D eigenvalue weighted by Gasteiger charge is -2.33. The van der Waals surface area contributed by atoms with Crippen molar-refractivity contribution in [1.29, 1.82) is 0 Å². The predicted molar refractivity (Wildman–Crippen MR) is 146 cm³/mol. The van der Waals surface area contributed by atoms with E-state index in [2.05, 4.69) is 135 Å². The van der Waals surface area contributed by atoms with Gasteiger partial charge in [-0.15, -0.1) is 0 Å². The standard InChI is InChI=1S/C30H32P2/c1-25(2)23-30(32(28-19-11-5-12-20-28)29-21-13-6-14-22-29)24-31(26-15-7-3-8-16-26)27-17-9-4-10-18-27/h3-22,25,30H,23-24H2,1-2H3. The number of hydrogen-bond acceptors (Lipinski definition) is 0. The average molecular weight is 455 g/mol. The first-order valence-corrected chi connectivity index (χ1v) is 14.4. The first-order valence-electron chi connectivity index (χ1n) is 11.5. The second-order valence-electron chi connectivity index (χ2n) is 8.61. The monoisotopic (exact) mass is 454 g/mol. The molecular formula is C30H32P2. The molecular weight excluding hydrogens is 422 g/mol. The minimum Gasteiger partial charge on any atom is -0.0628 e. The molecule has 0 heterocycles. The first kappa shape index (κ1) is 22.9. The molecule has 4 aromatic rings. The van der Waals surface area contributed by atoms with E-state index in [-0.39, 0.29) is 0 Å². The Morgan fingerprint density at radius 3 is 1.19 bits per heavy atom. The Bertz CT molecular complexity index is 968. The van der Waals surface area contributed by atoms with Gasteiger partial charge in [-0.3, -0.25) is 0 Å². The van der Waals surface area contributed by atoms with Crippen molar-refractivity contribution in [3.63, 3.8) is 0 Å². The molecule has 1 unspecified atom stereocenters. The Morgan fingerprint density at radius 2 is 0.844 bits per heavy atom. The van der Waals surface area contributed by atoms with Crippen molar-refractivity contribution in [1.82, 2.24) is 0 Å². The molecule has 0 nitrogen and oxygen atoms in total. The highest BCUT2D eigenvalue weighted by atomic mass is 31.1. The second-order valence-corrected chi connectivity index (χ2v) is 13.4. The van der Waals surface area contributed by atoms with Crippen molar-refractivity contribution in [2.45, 2.75) is 25.9 Å². The highest BCUT2D eigenvalue weighted by Gasteiger charge is 2.29. The summed E-state index contributed by atoms with van der Waals surface area (Å²) in [6, 6.07) is 44.9. The normalized spacial score (nSPS) is 12.4. The van der Waals surface area contributed by atoms with Gasteiger partial charge >= 0.3 is 0 Å². The van der Waals surface area contributed by atoms with Gasteiger partial charge in [0.1, 0.15) is 0 Å². The molecule has 0 amide bonds. The van der Waals surface area contributed by atoms with E-state index in [1.54, 1.807) is 0 Å². The van der Waals surface area contributed by atoms with Gasteiger partial charge in [-0.05, 0) is 61.2 Å². The molecule has 0 saturated heterocycles. The van der Waals surface area contributed by atoms with Gasteiger partial charge in [-0.1, -0.05) is 135 Å². The fraction of sp³-hybridized carbons (Fsp3) is 0.200.